The Labute approximate surface area is 82.5 Å². The van der Waals surface area contributed by atoms with Crippen molar-refractivity contribution in [2.24, 2.45) is 0 Å². The van der Waals surface area contributed by atoms with Gasteiger partial charge in [-0.1, -0.05) is 0 Å². The van der Waals surface area contributed by atoms with Gasteiger partial charge in [0, 0.05) is 12.7 Å². The van der Waals surface area contributed by atoms with Crippen molar-refractivity contribution in [1.82, 2.24) is 15.3 Å². The molecule has 0 saturated heterocycles. The molecule has 1 aromatic rings. The highest BCUT2D eigenvalue weighted by molar-refractivity contribution is 5.74. The molecule has 0 amide bonds. The summed E-state index contributed by atoms with van der Waals surface area (Å²) in [5.74, 6) is -0.279. The first-order valence-electron chi connectivity index (χ1n) is 4.30. The van der Waals surface area contributed by atoms with Crippen molar-refractivity contribution in [1.29, 1.82) is 0 Å². The standard InChI is InChI=1S/C9H13N3O2/c1-7(9(13)14-2)11-5-8-3-4-10-6-12-8/h3-4,6-7,11H,5H2,1-2H3/t7-/m0/s1. The molecule has 1 atom stereocenters. The normalized spacial score (nSPS) is 12.1. The summed E-state index contributed by atoms with van der Waals surface area (Å²) in [4.78, 5) is 18.8. The summed E-state index contributed by atoms with van der Waals surface area (Å²) in [6.07, 6.45) is 3.13. The Morgan fingerprint density at radius 3 is 3.07 bits per heavy atom. The van der Waals surface area contributed by atoms with Gasteiger partial charge < -0.3 is 4.74 Å². The first-order valence-corrected chi connectivity index (χ1v) is 4.30. The van der Waals surface area contributed by atoms with Gasteiger partial charge in [0.2, 0.25) is 0 Å². The van der Waals surface area contributed by atoms with Crippen LogP contribution in [-0.4, -0.2) is 29.1 Å². The van der Waals surface area contributed by atoms with E-state index in [2.05, 4.69) is 20.0 Å². The van der Waals surface area contributed by atoms with Crippen LogP contribution in [0.15, 0.2) is 18.6 Å². The lowest BCUT2D eigenvalue weighted by Gasteiger charge is -2.10. The molecule has 0 fully saturated rings. The van der Waals surface area contributed by atoms with E-state index in [9.17, 15) is 4.79 Å². The highest BCUT2D eigenvalue weighted by Crippen LogP contribution is 1.92. The number of carbonyl (C=O) groups excluding carboxylic acids is 1. The summed E-state index contributed by atoms with van der Waals surface area (Å²) in [6, 6.07) is 1.46. The molecule has 5 nitrogen and oxygen atoms in total. The lowest BCUT2D eigenvalue weighted by atomic mass is 10.3. The van der Waals surface area contributed by atoms with Gasteiger partial charge in [-0.2, -0.15) is 0 Å². The Morgan fingerprint density at radius 1 is 1.71 bits per heavy atom. The molecule has 1 aromatic heterocycles. The van der Waals surface area contributed by atoms with Gasteiger partial charge in [0.1, 0.15) is 12.4 Å². The van der Waals surface area contributed by atoms with Gasteiger partial charge in [-0.05, 0) is 13.0 Å². The first kappa shape index (κ1) is 10.6. The van der Waals surface area contributed by atoms with Crippen molar-refractivity contribution in [2.75, 3.05) is 7.11 Å². The maximum absolute atomic E-state index is 11.0. The largest absolute Gasteiger partial charge is 0.468 e. The van der Waals surface area contributed by atoms with Gasteiger partial charge in [-0.15, -0.1) is 0 Å². The summed E-state index contributed by atoms with van der Waals surface area (Å²) in [7, 11) is 1.37. The number of carbonyl (C=O) groups is 1. The summed E-state index contributed by atoms with van der Waals surface area (Å²) in [5.41, 5.74) is 0.843. The van der Waals surface area contributed by atoms with E-state index in [4.69, 9.17) is 0 Å². The van der Waals surface area contributed by atoms with Crippen LogP contribution in [0.5, 0.6) is 0 Å². The zero-order chi connectivity index (χ0) is 10.4. The van der Waals surface area contributed by atoms with Crippen molar-refractivity contribution in [3.63, 3.8) is 0 Å². The number of aromatic nitrogens is 2. The highest BCUT2D eigenvalue weighted by atomic mass is 16.5. The van der Waals surface area contributed by atoms with Crippen LogP contribution in [0, 0.1) is 0 Å². The third kappa shape index (κ3) is 3.10. The lowest BCUT2D eigenvalue weighted by molar-refractivity contribution is -0.142. The van der Waals surface area contributed by atoms with E-state index in [1.54, 1.807) is 19.2 Å². The average Bonchev–Trinajstić information content (AvgIpc) is 2.26. The maximum atomic E-state index is 11.0. The molecule has 5 heteroatoms. The van der Waals surface area contributed by atoms with Crippen LogP contribution in [0.3, 0.4) is 0 Å². The minimum Gasteiger partial charge on any atom is -0.468 e. The first-order chi connectivity index (χ1) is 6.74. The average molecular weight is 195 g/mol. The van der Waals surface area contributed by atoms with Crippen LogP contribution < -0.4 is 5.32 Å². The molecule has 1 rings (SSSR count). The highest BCUT2D eigenvalue weighted by Gasteiger charge is 2.11. The number of rotatable bonds is 4. The van der Waals surface area contributed by atoms with E-state index in [1.165, 1.54) is 13.4 Å². The quantitative estimate of drug-likeness (QED) is 0.692. The van der Waals surface area contributed by atoms with Crippen molar-refractivity contribution in [3.8, 4) is 0 Å². The predicted molar refractivity (Wildman–Crippen MR) is 50.3 cm³/mol. The van der Waals surface area contributed by atoms with E-state index >= 15 is 0 Å². The monoisotopic (exact) mass is 195 g/mol. The lowest BCUT2D eigenvalue weighted by Crippen LogP contribution is -2.34. The summed E-state index contributed by atoms with van der Waals surface area (Å²) < 4.78 is 4.57. The zero-order valence-electron chi connectivity index (χ0n) is 8.23. The molecule has 0 spiro atoms. The van der Waals surface area contributed by atoms with E-state index in [1.807, 2.05) is 0 Å². The molecule has 0 radical (unpaired) electrons. The smallest absolute Gasteiger partial charge is 0.322 e. The van der Waals surface area contributed by atoms with E-state index in [-0.39, 0.29) is 12.0 Å². The third-order valence-electron chi connectivity index (χ3n) is 1.79. The second-order valence-corrected chi connectivity index (χ2v) is 2.83. The van der Waals surface area contributed by atoms with Crippen LogP contribution in [-0.2, 0) is 16.1 Å². The number of hydrogen-bond donors (Lipinski definition) is 1. The van der Waals surface area contributed by atoms with Crippen LogP contribution in [0.4, 0.5) is 0 Å². The molecule has 1 N–H and O–H groups in total. The Hall–Kier alpha value is -1.49. The van der Waals surface area contributed by atoms with E-state index < -0.39 is 0 Å². The Morgan fingerprint density at radius 2 is 2.50 bits per heavy atom. The van der Waals surface area contributed by atoms with Crippen LogP contribution >= 0.6 is 0 Å². The molecule has 0 saturated carbocycles. The van der Waals surface area contributed by atoms with Crippen LogP contribution in [0.25, 0.3) is 0 Å². The van der Waals surface area contributed by atoms with Gasteiger partial charge >= 0.3 is 5.97 Å². The second-order valence-electron chi connectivity index (χ2n) is 2.83. The molecule has 0 aliphatic heterocycles. The molecule has 76 valence electrons. The molecule has 0 aliphatic carbocycles. The number of ether oxygens (including phenoxy) is 1. The molecule has 0 aliphatic rings. The fraction of sp³-hybridized carbons (Fsp3) is 0.444. The van der Waals surface area contributed by atoms with Crippen molar-refractivity contribution >= 4 is 5.97 Å². The SMILES string of the molecule is COC(=O)[C@H](C)NCc1ccncn1. The van der Waals surface area contributed by atoms with Gasteiger partial charge in [0.05, 0.1) is 12.8 Å². The summed E-state index contributed by atoms with van der Waals surface area (Å²) in [6.45, 7) is 2.27. The number of nitrogens with one attached hydrogen (secondary N) is 1. The second kappa shape index (κ2) is 5.29. The van der Waals surface area contributed by atoms with E-state index in [0.717, 1.165) is 5.69 Å². The molecular weight excluding hydrogens is 182 g/mol. The minimum absolute atomic E-state index is 0.279. The molecule has 0 bridgehead atoms. The van der Waals surface area contributed by atoms with Crippen LogP contribution in [0.2, 0.25) is 0 Å². The number of hydrogen-bond acceptors (Lipinski definition) is 5. The summed E-state index contributed by atoms with van der Waals surface area (Å²) >= 11 is 0. The minimum atomic E-state index is -0.324. The van der Waals surface area contributed by atoms with Gasteiger partial charge in [-0.3, -0.25) is 10.1 Å². The zero-order valence-corrected chi connectivity index (χ0v) is 8.23. The molecule has 1 heterocycles. The van der Waals surface area contributed by atoms with Gasteiger partial charge in [0.25, 0.3) is 0 Å². The topological polar surface area (TPSA) is 64.1 Å². The molecular formula is C9H13N3O2. The van der Waals surface area contributed by atoms with Crippen molar-refractivity contribution in [3.05, 3.63) is 24.3 Å². The van der Waals surface area contributed by atoms with Crippen molar-refractivity contribution in [2.45, 2.75) is 19.5 Å². The van der Waals surface area contributed by atoms with Gasteiger partial charge in [0.15, 0.2) is 0 Å². The third-order valence-corrected chi connectivity index (χ3v) is 1.79. The summed E-state index contributed by atoms with van der Waals surface area (Å²) in [5, 5.41) is 2.98. The molecule has 14 heavy (non-hydrogen) atoms. The predicted octanol–water partition coefficient (Wildman–Crippen LogP) is 0.128. The fourth-order valence-electron chi connectivity index (χ4n) is 0.940. The Balaban J connectivity index is 2.38. The van der Waals surface area contributed by atoms with Crippen LogP contribution in [0.1, 0.15) is 12.6 Å². The van der Waals surface area contributed by atoms with Gasteiger partial charge in [-0.25, -0.2) is 9.97 Å². The Bertz CT molecular complexity index is 289. The van der Waals surface area contributed by atoms with E-state index in [0.29, 0.717) is 6.54 Å². The number of esters is 1. The van der Waals surface area contributed by atoms with Crippen molar-refractivity contribution < 1.29 is 9.53 Å². The molecule has 0 aromatic carbocycles. The molecule has 0 unspecified atom stereocenters. The Kier molecular flexibility index (Phi) is 4.00. The number of methoxy groups -OCH3 is 1. The maximum Gasteiger partial charge on any atom is 0.322 e. The number of nitrogens with zero attached hydrogens (tertiary/aromatic N) is 2. The fourth-order valence-corrected chi connectivity index (χ4v) is 0.940.